The maximum Gasteiger partial charge on any atom is 0.418 e. The summed E-state index contributed by atoms with van der Waals surface area (Å²) < 4.78 is 52.8. The van der Waals surface area contributed by atoms with Gasteiger partial charge in [0.1, 0.15) is 23.8 Å². The highest BCUT2D eigenvalue weighted by molar-refractivity contribution is 5.63. The Morgan fingerprint density at radius 3 is 2.35 bits per heavy atom. The monoisotopic (exact) mass is 362 g/mol. The molecule has 3 rings (SSSR count). The van der Waals surface area contributed by atoms with E-state index in [2.05, 4.69) is 20.6 Å². The lowest BCUT2D eigenvalue weighted by molar-refractivity contribution is -0.136. The number of para-hydroxylation sites is 1. The number of nitrogens with zero attached hydrogens (tertiary/aromatic N) is 2. The summed E-state index contributed by atoms with van der Waals surface area (Å²) in [6, 6.07) is 12.8. The van der Waals surface area contributed by atoms with E-state index in [0.717, 1.165) is 6.07 Å². The van der Waals surface area contributed by atoms with Gasteiger partial charge in [0, 0.05) is 18.2 Å². The molecule has 0 unspecified atom stereocenters. The van der Waals surface area contributed by atoms with Crippen molar-refractivity contribution in [3.05, 3.63) is 77.9 Å². The lowest BCUT2D eigenvalue weighted by atomic mass is 10.1. The van der Waals surface area contributed by atoms with Crippen molar-refractivity contribution in [2.45, 2.75) is 12.7 Å². The first-order valence-corrected chi connectivity index (χ1v) is 7.66. The van der Waals surface area contributed by atoms with E-state index >= 15 is 0 Å². The summed E-state index contributed by atoms with van der Waals surface area (Å²) in [5.74, 6) is 0.189. The molecule has 0 bridgehead atoms. The van der Waals surface area contributed by atoms with E-state index in [1.807, 2.05) is 0 Å². The second kappa shape index (κ2) is 7.38. The smallest absolute Gasteiger partial charge is 0.366 e. The van der Waals surface area contributed by atoms with Gasteiger partial charge in [-0.05, 0) is 18.2 Å². The predicted octanol–water partition coefficient (Wildman–Crippen LogP) is 4.99. The molecular formula is C18H14F4N4. The van der Waals surface area contributed by atoms with Crippen LogP contribution in [0.5, 0.6) is 0 Å². The fourth-order valence-corrected chi connectivity index (χ4v) is 2.33. The molecule has 0 saturated heterocycles. The Morgan fingerprint density at radius 2 is 1.58 bits per heavy atom. The SMILES string of the molecule is Fc1ccccc1CNc1cc(Nc2ccccc2C(F)(F)F)ncn1. The number of halogens is 4. The van der Waals surface area contributed by atoms with Crippen molar-refractivity contribution in [1.82, 2.24) is 9.97 Å². The van der Waals surface area contributed by atoms with Gasteiger partial charge in [0.25, 0.3) is 0 Å². The van der Waals surface area contributed by atoms with Crippen molar-refractivity contribution < 1.29 is 17.6 Å². The van der Waals surface area contributed by atoms with Gasteiger partial charge < -0.3 is 10.6 Å². The lowest BCUT2D eigenvalue weighted by Crippen LogP contribution is -2.09. The largest absolute Gasteiger partial charge is 0.418 e. The minimum absolute atomic E-state index is 0.112. The Labute approximate surface area is 146 Å². The fraction of sp³-hybridized carbons (Fsp3) is 0.111. The Morgan fingerprint density at radius 1 is 0.885 bits per heavy atom. The van der Waals surface area contributed by atoms with Crippen LogP contribution >= 0.6 is 0 Å². The van der Waals surface area contributed by atoms with Crippen LogP contribution in [0.15, 0.2) is 60.9 Å². The summed E-state index contributed by atoms with van der Waals surface area (Å²) in [4.78, 5) is 7.92. The van der Waals surface area contributed by atoms with Crippen molar-refractivity contribution in [1.29, 1.82) is 0 Å². The third kappa shape index (κ3) is 4.27. The Hall–Kier alpha value is -3.16. The van der Waals surface area contributed by atoms with Gasteiger partial charge in [0.2, 0.25) is 0 Å². The standard InChI is InChI=1S/C18H14F4N4/c19-14-7-3-1-5-12(14)10-23-16-9-17(25-11-24-16)26-15-8-4-2-6-13(15)18(20,21)22/h1-9,11H,10H2,(H2,23,24,25,26). The second-order valence-corrected chi connectivity index (χ2v) is 5.40. The first-order chi connectivity index (χ1) is 12.4. The lowest BCUT2D eigenvalue weighted by Gasteiger charge is -2.14. The first kappa shape index (κ1) is 17.7. The van der Waals surface area contributed by atoms with Crippen LogP contribution in [-0.4, -0.2) is 9.97 Å². The highest BCUT2D eigenvalue weighted by Crippen LogP contribution is 2.35. The average molecular weight is 362 g/mol. The van der Waals surface area contributed by atoms with Crippen LogP contribution in [0.25, 0.3) is 0 Å². The molecule has 0 aliphatic rings. The molecule has 2 N–H and O–H groups in total. The van der Waals surface area contributed by atoms with Gasteiger partial charge in [-0.25, -0.2) is 14.4 Å². The van der Waals surface area contributed by atoms with Gasteiger partial charge in [-0.2, -0.15) is 13.2 Å². The van der Waals surface area contributed by atoms with Crippen molar-refractivity contribution in [2.24, 2.45) is 0 Å². The van der Waals surface area contributed by atoms with Gasteiger partial charge in [0.05, 0.1) is 11.3 Å². The number of anilines is 3. The molecule has 0 spiro atoms. The molecule has 1 heterocycles. The van der Waals surface area contributed by atoms with Crippen molar-refractivity contribution >= 4 is 17.3 Å². The van der Waals surface area contributed by atoms with E-state index < -0.39 is 11.7 Å². The summed E-state index contributed by atoms with van der Waals surface area (Å²) in [5.41, 5.74) is -0.457. The molecular weight excluding hydrogens is 348 g/mol. The van der Waals surface area contributed by atoms with E-state index in [0.29, 0.717) is 11.4 Å². The minimum Gasteiger partial charge on any atom is -0.366 e. The molecule has 8 heteroatoms. The molecule has 26 heavy (non-hydrogen) atoms. The second-order valence-electron chi connectivity index (χ2n) is 5.40. The van der Waals surface area contributed by atoms with Crippen molar-refractivity contribution in [3.8, 4) is 0 Å². The van der Waals surface area contributed by atoms with E-state index in [1.54, 1.807) is 18.2 Å². The highest BCUT2D eigenvalue weighted by Gasteiger charge is 2.33. The van der Waals surface area contributed by atoms with Gasteiger partial charge in [-0.1, -0.05) is 30.3 Å². The molecule has 1 aromatic heterocycles. The van der Waals surface area contributed by atoms with Crippen LogP contribution in [0.3, 0.4) is 0 Å². The van der Waals surface area contributed by atoms with E-state index in [4.69, 9.17) is 0 Å². The van der Waals surface area contributed by atoms with Gasteiger partial charge in [-0.3, -0.25) is 0 Å². The Bertz CT molecular complexity index is 896. The summed E-state index contributed by atoms with van der Waals surface area (Å²) >= 11 is 0. The number of nitrogens with one attached hydrogen (secondary N) is 2. The summed E-state index contributed by atoms with van der Waals surface area (Å²) in [7, 11) is 0. The quantitative estimate of drug-likeness (QED) is 0.628. The molecule has 0 radical (unpaired) electrons. The van der Waals surface area contributed by atoms with Gasteiger partial charge in [-0.15, -0.1) is 0 Å². The number of rotatable bonds is 5. The molecule has 0 aliphatic carbocycles. The Balaban J connectivity index is 1.75. The van der Waals surface area contributed by atoms with Crippen LogP contribution in [0.1, 0.15) is 11.1 Å². The van der Waals surface area contributed by atoms with Crippen LogP contribution in [0.4, 0.5) is 34.9 Å². The van der Waals surface area contributed by atoms with Gasteiger partial charge in [0.15, 0.2) is 0 Å². The van der Waals surface area contributed by atoms with Crippen LogP contribution in [0.2, 0.25) is 0 Å². The Kier molecular flexibility index (Phi) is 5.01. The number of alkyl halides is 3. The van der Waals surface area contributed by atoms with Crippen molar-refractivity contribution in [3.63, 3.8) is 0 Å². The van der Waals surface area contributed by atoms with E-state index in [9.17, 15) is 17.6 Å². The molecule has 134 valence electrons. The third-order valence-electron chi connectivity index (χ3n) is 3.58. The van der Waals surface area contributed by atoms with Crippen LogP contribution in [0, 0.1) is 5.82 Å². The normalized spacial score (nSPS) is 11.2. The maximum atomic E-state index is 13.6. The molecule has 0 fully saturated rings. The topological polar surface area (TPSA) is 49.8 Å². The summed E-state index contributed by atoms with van der Waals surface area (Å²) in [6.45, 7) is 0.183. The molecule has 0 saturated carbocycles. The summed E-state index contributed by atoms with van der Waals surface area (Å²) in [5, 5.41) is 5.56. The summed E-state index contributed by atoms with van der Waals surface area (Å²) in [6.07, 6.45) is -3.27. The molecule has 2 aromatic carbocycles. The zero-order valence-corrected chi connectivity index (χ0v) is 13.4. The van der Waals surface area contributed by atoms with Gasteiger partial charge >= 0.3 is 6.18 Å². The minimum atomic E-state index is -4.48. The van der Waals surface area contributed by atoms with E-state index in [-0.39, 0.29) is 23.9 Å². The van der Waals surface area contributed by atoms with Crippen molar-refractivity contribution in [2.75, 3.05) is 10.6 Å². The first-order valence-electron chi connectivity index (χ1n) is 7.66. The maximum absolute atomic E-state index is 13.6. The molecule has 0 atom stereocenters. The number of hydrogen-bond acceptors (Lipinski definition) is 4. The number of benzene rings is 2. The predicted molar refractivity (Wildman–Crippen MR) is 90.5 cm³/mol. The zero-order valence-electron chi connectivity index (χ0n) is 13.4. The molecule has 0 amide bonds. The number of hydrogen-bond donors (Lipinski definition) is 2. The third-order valence-corrected chi connectivity index (χ3v) is 3.58. The zero-order chi connectivity index (χ0) is 18.6. The molecule has 4 nitrogen and oxygen atoms in total. The number of aromatic nitrogens is 2. The fourth-order valence-electron chi connectivity index (χ4n) is 2.33. The van der Waals surface area contributed by atoms with E-state index in [1.165, 1.54) is 36.7 Å². The van der Waals surface area contributed by atoms with Crippen LogP contribution in [-0.2, 0) is 12.7 Å². The average Bonchev–Trinajstić information content (AvgIpc) is 2.61. The highest BCUT2D eigenvalue weighted by atomic mass is 19.4. The molecule has 0 aliphatic heterocycles. The molecule has 3 aromatic rings. The van der Waals surface area contributed by atoms with Crippen LogP contribution < -0.4 is 10.6 Å².